The fourth-order valence-electron chi connectivity index (χ4n) is 3.35. The molecule has 0 aliphatic heterocycles. The summed E-state index contributed by atoms with van der Waals surface area (Å²) in [6.45, 7) is 5.98. The van der Waals surface area contributed by atoms with Crippen LogP contribution in [-0.4, -0.2) is 24.3 Å². The van der Waals surface area contributed by atoms with Gasteiger partial charge in [-0.15, -0.1) is 0 Å². The summed E-state index contributed by atoms with van der Waals surface area (Å²) in [5.41, 5.74) is 3.06. The van der Waals surface area contributed by atoms with Crippen LogP contribution >= 0.6 is 0 Å². The van der Waals surface area contributed by atoms with Crippen molar-refractivity contribution in [3.8, 4) is 11.4 Å². The number of rotatable bonds is 4. The summed E-state index contributed by atoms with van der Waals surface area (Å²) in [7, 11) is 1.60. The van der Waals surface area contributed by atoms with Crippen LogP contribution in [0.25, 0.3) is 16.5 Å². The monoisotopic (exact) mass is 351 g/mol. The maximum absolute atomic E-state index is 12.5. The molecule has 3 rings (SSSR count). The molecule has 0 saturated carbocycles. The number of esters is 1. The number of fused-ring (bicyclic) bond motifs is 1. The summed E-state index contributed by atoms with van der Waals surface area (Å²) in [6, 6.07) is 12.2. The highest BCUT2D eigenvalue weighted by molar-refractivity contribution is 5.94. The quantitative estimate of drug-likeness (QED) is 0.671. The number of benzene rings is 1. The zero-order valence-corrected chi connectivity index (χ0v) is 15.3. The van der Waals surface area contributed by atoms with Crippen LogP contribution in [0, 0.1) is 13.8 Å². The first-order valence-electron chi connectivity index (χ1n) is 8.46. The highest BCUT2D eigenvalue weighted by Gasteiger charge is 2.18. The molecule has 5 nitrogen and oxygen atoms in total. The van der Waals surface area contributed by atoms with Gasteiger partial charge in [-0.25, -0.2) is 4.79 Å². The lowest BCUT2D eigenvalue weighted by Gasteiger charge is -2.10. The molecule has 0 unspecified atom stereocenters. The summed E-state index contributed by atoms with van der Waals surface area (Å²) in [5.74, 6) is 0.310. The predicted molar refractivity (Wildman–Crippen MR) is 102 cm³/mol. The van der Waals surface area contributed by atoms with Gasteiger partial charge in [0.25, 0.3) is 0 Å². The molecule has 3 aromatic rings. The van der Waals surface area contributed by atoms with E-state index in [2.05, 4.69) is 0 Å². The molecule has 1 aromatic heterocycles. The zero-order chi connectivity index (χ0) is 18.8. The van der Waals surface area contributed by atoms with Crippen molar-refractivity contribution >= 4 is 16.7 Å². The van der Waals surface area contributed by atoms with E-state index >= 15 is 0 Å². The standard InChI is InChI=1S/C21H21NO4/c1-5-26-21(24)15-9-11-16(12-10-15)22-13(2)19-17(23)7-6-8-18(25-4)20(19)14(22)3/h6-12H,5H2,1-4H3. The van der Waals surface area contributed by atoms with Gasteiger partial charge in [-0.2, -0.15) is 0 Å². The highest BCUT2D eigenvalue weighted by Crippen LogP contribution is 2.32. The topological polar surface area (TPSA) is 57.5 Å². The minimum atomic E-state index is -0.347. The SMILES string of the molecule is CCOC(=O)c1ccc(-n2c(C)c3c(OC)cccc(=O)c3c2C)cc1. The number of carbonyl (C=O) groups excluding carboxylic acids is 1. The molecule has 0 aliphatic rings. The van der Waals surface area contributed by atoms with Crippen LogP contribution in [0.4, 0.5) is 0 Å². The Bertz CT molecular complexity index is 1030. The Morgan fingerprint density at radius 2 is 1.65 bits per heavy atom. The summed E-state index contributed by atoms with van der Waals surface area (Å²) in [5, 5.41) is 1.44. The van der Waals surface area contributed by atoms with E-state index in [9.17, 15) is 9.59 Å². The molecule has 1 heterocycles. The lowest BCUT2D eigenvalue weighted by Crippen LogP contribution is -2.05. The molecule has 0 N–H and O–H groups in total. The number of nitrogens with zero attached hydrogens (tertiary/aromatic N) is 1. The summed E-state index contributed by atoms with van der Waals surface area (Å²) in [6.07, 6.45) is 0. The number of aryl methyl sites for hydroxylation is 2. The van der Waals surface area contributed by atoms with E-state index in [1.165, 1.54) is 0 Å². The number of hydrogen-bond acceptors (Lipinski definition) is 4. The van der Waals surface area contributed by atoms with Crippen molar-refractivity contribution in [1.29, 1.82) is 0 Å². The number of methoxy groups -OCH3 is 1. The van der Waals surface area contributed by atoms with Gasteiger partial charge in [0.2, 0.25) is 0 Å². The van der Waals surface area contributed by atoms with Crippen molar-refractivity contribution in [3.63, 3.8) is 0 Å². The van der Waals surface area contributed by atoms with E-state index < -0.39 is 0 Å². The van der Waals surface area contributed by atoms with Gasteiger partial charge in [0.05, 0.1) is 24.7 Å². The molecule has 0 fully saturated rings. The van der Waals surface area contributed by atoms with E-state index in [-0.39, 0.29) is 11.4 Å². The fraction of sp³-hybridized carbons (Fsp3) is 0.238. The Kier molecular flexibility index (Phi) is 4.80. The molecule has 134 valence electrons. The smallest absolute Gasteiger partial charge is 0.338 e. The van der Waals surface area contributed by atoms with Crippen LogP contribution in [-0.2, 0) is 4.74 Å². The molecule has 0 radical (unpaired) electrons. The van der Waals surface area contributed by atoms with E-state index in [1.807, 2.05) is 30.5 Å². The Morgan fingerprint density at radius 3 is 2.27 bits per heavy atom. The van der Waals surface area contributed by atoms with Gasteiger partial charge in [0, 0.05) is 22.5 Å². The third-order valence-electron chi connectivity index (χ3n) is 4.49. The Hall–Kier alpha value is -3.08. The Labute approximate surface area is 151 Å². The lowest BCUT2D eigenvalue weighted by molar-refractivity contribution is 0.0526. The van der Waals surface area contributed by atoms with Gasteiger partial charge in [-0.1, -0.05) is 6.07 Å². The second kappa shape index (κ2) is 7.04. The average molecular weight is 351 g/mol. The largest absolute Gasteiger partial charge is 0.496 e. The van der Waals surface area contributed by atoms with Crippen LogP contribution in [0.5, 0.6) is 5.75 Å². The Balaban J connectivity index is 2.22. The number of aromatic nitrogens is 1. The first-order valence-corrected chi connectivity index (χ1v) is 8.46. The first kappa shape index (κ1) is 17.7. The Morgan fingerprint density at radius 1 is 1.00 bits per heavy atom. The van der Waals surface area contributed by atoms with Gasteiger partial charge < -0.3 is 14.0 Å². The van der Waals surface area contributed by atoms with E-state index in [1.54, 1.807) is 44.4 Å². The molecule has 0 amide bonds. The van der Waals surface area contributed by atoms with Gasteiger partial charge in [-0.05, 0) is 57.2 Å². The molecule has 0 bridgehead atoms. The lowest BCUT2D eigenvalue weighted by atomic mass is 10.2. The third-order valence-corrected chi connectivity index (χ3v) is 4.49. The van der Waals surface area contributed by atoms with Crippen molar-refractivity contribution in [2.75, 3.05) is 13.7 Å². The number of ether oxygens (including phenoxy) is 2. The van der Waals surface area contributed by atoms with Crippen molar-refractivity contribution in [2.45, 2.75) is 20.8 Å². The second-order valence-corrected chi connectivity index (χ2v) is 5.98. The molecule has 0 aliphatic carbocycles. The first-order chi connectivity index (χ1) is 12.5. The summed E-state index contributed by atoms with van der Waals surface area (Å²) in [4.78, 5) is 24.4. The molecule has 0 spiro atoms. The van der Waals surface area contributed by atoms with Crippen molar-refractivity contribution in [3.05, 3.63) is 69.6 Å². The second-order valence-electron chi connectivity index (χ2n) is 5.98. The highest BCUT2D eigenvalue weighted by atomic mass is 16.5. The van der Waals surface area contributed by atoms with Crippen LogP contribution in [0.1, 0.15) is 28.7 Å². The van der Waals surface area contributed by atoms with E-state index in [0.29, 0.717) is 23.3 Å². The van der Waals surface area contributed by atoms with E-state index in [0.717, 1.165) is 22.5 Å². The maximum Gasteiger partial charge on any atom is 0.338 e. The summed E-state index contributed by atoms with van der Waals surface area (Å²) < 4.78 is 12.5. The van der Waals surface area contributed by atoms with Crippen LogP contribution < -0.4 is 10.2 Å². The van der Waals surface area contributed by atoms with Gasteiger partial charge in [0.15, 0.2) is 5.43 Å². The molecule has 5 heteroatoms. The van der Waals surface area contributed by atoms with Gasteiger partial charge in [-0.3, -0.25) is 4.79 Å². The predicted octanol–water partition coefficient (Wildman–Crippen LogP) is 3.79. The average Bonchev–Trinajstić information content (AvgIpc) is 2.78. The molecular formula is C21H21NO4. The maximum atomic E-state index is 12.5. The van der Waals surface area contributed by atoms with Gasteiger partial charge >= 0.3 is 5.97 Å². The number of carbonyl (C=O) groups is 1. The normalized spacial score (nSPS) is 10.8. The van der Waals surface area contributed by atoms with Crippen LogP contribution in [0.15, 0.2) is 47.3 Å². The van der Waals surface area contributed by atoms with Gasteiger partial charge in [0.1, 0.15) is 5.75 Å². The fourth-order valence-corrected chi connectivity index (χ4v) is 3.35. The molecule has 0 atom stereocenters. The molecule has 26 heavy (non-hydrogen) atoms. The summed E-state index contributed by atoms with van der Waals surface area (Å²) >= 11 is 0. The van der Waals surface area contributed by atoms with Crippen LogP contribution in [0.2, 0.25) is 0 Å². The van der Waals surface area contributed by atoms with Crippen molar-refractivity contribution in [1.82, 2.24) is 4.57 Å². The third kappa shape index (κ3) is 2.86. The zero-order valence-electron chi connectivity index (χ0n) is 15.3. The number of hydrogen-bond donors (Lipinski definition) is 0. The van der Waals surface area contributed by atoms with Crippen LogP contribution in [0.3, 0.4) is 0 Å². The minimum absolute atomic E-state index is 0.0502. The van der Waals surface area contributed by atoms with Crippen molar-refractivity contribution in [2.24, 2.45) is 0 Å². The molecular weight excluding hydrogens is 330 g/mol. The molecule has 2 aromatic carbocycles. The van der Waals surface area contributed by atoms with Crippen molar-refractivity contribution < 1.29 is 14.3 Å². The minimum Gasteiger partial charge on any atom is -0.496 e. The van der Waals surface area contributed by atoms with E-state index in [4.69, 9.17) is 9.47 Å². The molecule has 0 saturated heterocycles.